The normalized spacial score (nSPS) is 13.6. The summed E-state index contributed by atoms with van der Waals surface area (Å²) in [4.78, 5) is 66.8. The molecule has 0 bridgehead atoms. The van der Waals surface area contributed by atoms with Crippen molar-refractivity contribution >= 4 is 81.7 Å². The van der Waals surface area contributed by atoms with Crippen molar-refractivity contribution in [2.75, 3.05) is 75.2 Å². The number of carbonyl (C=O) groups is 4. The van der Waals surface area contributed by atoms with Crippen LogP contribution < -0.4 is 20.4 Å². The lowest BCUT2D eigenvalue weighted by Gasteiger charge is -2.35. The number of rotatable bonds is 12. The predicted octanol–water partition coefficient (Wildman–Crippen LogP) is 9.09. The maximum atomic E-state index is 14.2. The molecule has 0 atom stereocenters. The van der Waals surface area contributed by atoms with E-state index in [2.05, 4.69) is 30.4 Å². The Hall–Kier alpha value is -6.25. The van der Waals surface area contributed by atoms with Gasteiger partial charge in [-0.25, -0.2) is 14.4 Å². The molecule has 12 nitrogen and oxygen atoms in total. The molecule has 0 aliphatic carbocycles. The molecule has 0 spiro atoms. The van der Waals surface area contributed by atoms with Gasteiger partial charge in [0.15, 0.2) is 0 Å². The number of pyridine rings is 2. The number of hydrogen-bond donors (Lipinski definition) is 2. The second kappa shape index (κ2) is 23.7. The first kappa shape index (κ1) is 49.6. The Morgan fingerprint density at radius 1 is 0.544 bits per heavy atom. The van der Waals surface area contributed by atoms with Gasteiger partial charge in [-0.05, 0) is 115 Å². The van der Waals surface area contributed by atoms with Crippen LogP contribution in [0.2, 0.25) is 20.1 Å². The van der Waals surface area contributed by atoms with Crippen LogP contribution in [0.3, 0.4) is 0 Å². The fourth-order valence-electron chi connectivity index (χ4n) is 7.72. The molecule has 2 aliphatic heterocycles. The number of piperazine rings is 2. The number of hydrogen-bond acceptors (Lipinski definition) is 8. The molecule has 2 fully saturated rings. The molecule has 0 unspecified atom stereocenters. The van der Waals surface area contributed by atoms with Crippen LogP contribution in [-0.2, 0) is 12.8 Å². The van der Waals surface area contributed by atoms with Gasteiger partial charge in [0.2, 0.25) is 0 Å². The number of aryl methyl sites for hydroxylation is 1. The van der Waals surface area contributed by atoms with Gasteiger partial charge in [-0.15, -0.1) is 0 Å². The van der Waals surface area contributed by atoms with Gasteiger partial charge in [0.25, 0.3) is 23.6 Å². The Kier molecular flexibility index (Phi) is 17.3. The lowest BCUT2D eigenvalue weighted by Crippen LogP contribution is -2.49. The highest BCUT2D eigenvalue weighted by atomic mass is 35.5. The first-order valence-corrected chi connectivity index (χ1v) is 23.6. The summed E-state index contributed by atoms with van der Waals surface area (Å²) in [7, 11) is 0. The van der Waals surface area contributed by atoms with E-state index >= 15 is 0 Å². The minimum atomic E-state index is -0.490. The summed E-state index contributed by atoms with van der Waals surface area (Å²) in [5, 5.41) is 8.03. The Morgan fingerprint density at radius 3 is 1.46 bits per heavy atom. The number of nitrogens with zero attached hydrogens (tertiary/aromatic N) is 6. The van der Waals surface area contributed by atoms with Gasteiger partial charge in [-0.1, -0.05) is 76.7 Å². The van der Waals surface area contributed by atoms with Crippen LogP contribution in [0.25, 0.3) is 0 Å². The molecule has 0 radical (unpaired) electrons. The number of halogens is 5. The maximum absolute atomic E-state index is 14.2. The van der Waals surface area contributed by atoms with E-state index in [0.717, 1.165) is 28.3 Å². The summed E-state index contributed by atoms with van der Waals surface area (Å²) >= 11 is 24.2. The van der Waals surface area contributed by atoms with E-state index in [1.54, 1.807) is 71.6 Å². The summed E-state index contributed by atoms with van der Waals surface area (Å²) in [6.07, 6.45) is 4.52. The van der Waals surface area contributed by atoms with E-state index in [1.165, 1.54) is 6.07 Å². The third-order valence-corrected chi connectivity index (χ3v) is 12.5. The molecule has 17 heteroatoms. The topological polar surface area (TPSA) is 131 Å². The Morgan fingerprint density at radius 2 is 1.01 bits per heavy atom. The van der Waals surface area contributed by atoms with Crippen molar-refractivity contribution in [1.82, 2.24) is 30.4 Å². The summed E-state index contributed by atoms with van der Waals surface area (Å²) in [6.45, 7) is 7.23. The van der Waals surface area contributed by atoms with Crippen LogP contribution in [0, 0.1) is 12.7 Å². The van der Waals surface area contributed by atoms with Crippen molar-refractivity contribution in [2.24, 2.45) is 0 Å². The number of amides is 4. The first-order valence-electron chi connectivity index (χ1n) is 22.1. The SMILES string of the molecule is Cc1ccc(C(=O)N2CCN(c3ccc(C(=O)NCCc4cccc(Cl)c4)cn3)CC2)c(F)c1.O=C(NCCc1cccc(Cl)c1)c1ccc(N2CCN(C(=O)c3cc(Cl)ccc3Cl)CC2)nc1. The lowest BCUT2D eigenvalue weighted by atomic mass is 10.1. The van der Waals surface area contributed by atoms with Gasteiger partial charge in [0.05, 0.1) is 27.3 Å². The van der Waals surface area contributed by atoms with Crippen LogP contribution in [-0.4, -0.2) is 109 Å². The lowest BCUT2D eigenvalue weighted by molar-refractivity contribution is 0.0736. The smallest absolute Gasteiger partial charge is 0.256 e. The van der Waals surface area contributed by atoms with Gasteiger partial charge < -0.3 is 30.2 Å². The fourth-order valence-corrected chi connectivity index (χ4v) is 8.51. The van der Waals surface area contributed by atoms with Crippen LogP contribution in [0.1, 0.15) is 58.1 Å². The Labute approximate surface area is 415 Å². The number of carbonyl (C=O) groups excluding carboxylic acids is 4. The molecule has 8 rings (SSSR count). The van der Waals surface area contributed by atoms with E-state index < -0.39 is 5.82 Å². The largest absolute Gasteiger partial charge is 0.353 e. The number of benzene rings is 4. The second-order valence-electron chi connectivity index (χ2n) is 16.2. The van der Waals surface area contributed by atoms with Crippen LogP contribution in [0.4, 0.5) is 16.0 Å². The third kappa shape index (κ3) is 13.5. The van der Waals surface area contributed by atoms with Crippen molar-refractivity contribution in [3.05, 3.63) is 186 Å². The zero-order valence-corrected chi connectivity index (χ0v) is 40.3. The minimum Gasteiger partial charge on any atom is -0.353 e. The second-order valence-corrected chi connectivity index (χ2v) is 18.0. The number of aromatic nitrogens is 2. The molecule has 352 valence electrons. The van der Waals surface area contributed by atoms with E-state index in [0.29, 0.717) is 115 Å². The molecule has 6 aromatic rings. The first-order chi connectivity index (χ1) is 32.8. The van der Waals surface area contributed by atoms with Crippen molar-refractivity contribution in [1.29, 1.82) is 0 Å². The molecular weight excluding hydrogens is 949 g/mol. The molecule has 2 N–H and O–H groups in total. The Bertz CT molecular complexity index is 2730. The summed E-state index contributed by atoms with van der Waals surface area (Å²) in [5.74, 6) is 0.231. The molecule has 4 heterocycles. The highest BCUT2D eigenvalue weighted by Crippen LogP contribution is 2.24. The van der Waals surface area contributed by atoms with Gasteiger partial charge in [-0.3, -0.25) is 19.2 Å². The molecule has 0 saturated carbocycles. The molecule has 2 aromatic heterocycles. The van der Waals surface area contributed by atoms with Gasteiger partial charge in [0, 0.05) is 92.9 Å². The average molecular weight is 999 g/mol. The van der Waals surface area contributed by atoms with Gasteiger partial charge in [-0.2, -0.15) is 0 Å². The molecule has 2 aliphatic rings. The third-order valence-electron chi connectivity index (χ3n) is 11.5. The average Bonchev–Trinajstić information content (AvgIpc) is 3.35. The highest BCUT2D eigenvalue weighted by molar-refractivity contribution is 6.35. The quantitative estimate of drug-likeness (QED) is 0.124. The van der Waals surface area contributed by atoms with Crippen molar-refractivity contribution < 1.29 is 23.6 Å². The van der Waals surface area contributed by atoms with Crippen LogP contribution in [0.15, 0.2) is 122 Å². The zero-order valence-electron chi connectivity index (χ0n) is 37.2. The predicted molar refractivity (Wildman–Crippen MR) is 267 cm³/mol. The van der Waals surface area contributed by atoms with Gasteiger partial charge in [0.1, 0.15) is 17.5 Å². The standard InChI is InChI=1S/C26H26ClFN4O2.C25H23Cl3N4O2/c1-18-5-7-22(23(28)15-18)26(34)32-13-11-31(12-14-32)24-8-6-20(17-30-24)25(33)29-10-9-19-3-2-4-21(27)16-19;26-19-3-1-2-17(14-19)8-9-29-24(33)18-4-7-23(30-16-18)31-10-12-32(13-11-31)25(34)21-15-20(27)5-6-22(21)28/h2-8,15-17H,9-14H2,1H3,(H,29,33);1-7,14-16H,8-13H2,(H,29,33). The molecule has 4 amide bonds. The summed E-state index contributed by atoms with van der Waals surface area (Å²) in [6, 6.07) is 31.8. The summed E-state index contributed by atoms with van der Waals surface area (Å²) < 4.78 is 14.2. The van der Waals surface area contributed by atoms with Crippen molar-refractivity contribution in [2.45, 2.75) is 19.8 Å². The molecule has 4 aromatic carbocycles. The molecular formula is C51H49Cl4FN8O4. The highest BCUT2D eigenvalue weighted by Gasteiger charge is 2.26. The fraction of sp³-hybridized carbons (Fsp3) is 0.255. The van der Waals surface area contributed by atoms with Crippen LogP contribution >= 0.6 is 46.4 Å². The van der Waals surface area contributed by atoms with E-state index in [9.17, 15) is 23.6 Å². The number of anilines is 2. The van der Waals surface area contributed by atoms with E-state index in [4.69, 9.17) is 46.4 Å². The minimum absolute atomic E-state index is 0.0999. The van der Waals surface area contributed by atoms with Crippen molar-refractivity contribution in [3.63, 3.8) is 0 Å². The van der Waals surface area contributed by atoms with Crippen LogP contribution in [0.5, 0.6) is 0 Å². The maximum Gasteiger partial charge on any atom is 0.256 e. The van der Waals surface area contributed by atoms with E-state index in [1.807, 2.05) is 60.7 Å². The number of nitrogens with one attached hydrogen (secondary N) is 2. The zero-order chi connectivity index (χ0) is 48.2. The van der Waals surface area contributed by atoms with Gasteiger partial charge >= 0.3 is 0 Å². The molecule has 68 heavy (non-hydrogen) atoms. The van der Waals surface area contributed by atoms with Crippen molar-refractivity contribution in [3.8, 4) is 0 Å². The van der Waals surface area contributed by atoms with E-state index in [-0.39, 0.29) is 29.2 Å². The Balaban J connectivity index is 0.000000201. The molecule has 2 saturated heterocycles. The summed E-state index contributed by atoms with van der Waals surface area (Å²) in [5.41, 5.74) is 4.40. The monoisotopic (exact) mass is 996 g/mol.